The molecule has 2 aromatic rings. The molecule has 0 saturated carbocycles. The van der Waals surface area contributed by atoms with Gasteiger partial charge >= 0.3 is 0 Å². The van der Waals surface area contributed by atoms with Crippen LogP contribution < -0.4 is 0 Å². The van der Waals surface area contributed by atoms with Gasteiger partial charge in [-0.3, -0.25) is 4.79 Å². The molecule has 0 aromatic heterocycles. The van der Waals surface area contributed by atoms with E-state index in [0.717, 1.165) is 18.2 Å². The Morgan fingerprint density at radius 2 is 1.71 bits per heavy atom. The molecule has 0 saturated heterocycles. The lowest BCUT2D eigenvalue weighted by atomic mass is 9.91. The summed E-state index contributed by atoms with van der Waals surface area (Å²) in [5.74, 6) is -4.87. The molecule has 0 bridgehead atoms. The highest BCUT2D eigenvalue weighted by atomic mass is 19.1. The number of aryl methyl sites for hydroxylation is 1. The van der Waals surface area contributed by atoms with Gasteiger partial charge < -0.3 is 0 Å². The maximum absolute atomic E-state index is 13.8. The van der Waals surface area contributed by atoms with Gasteiger partial charge in [0.15, 0.2) is 5.78 Å². The monoisotopic (exact) mass is 289 g/mol. The molecule has 2 aromatic carbocycles. The predicted octanol–water partition coefficient (Wildman–Crippen LogP) is 3.90. The standard InChI is InChI=1S/C16H10F3NO/c1-9-2-3-13(15(19)4-9)16(21)14(8-20)10-5-11(17)7-12(18)6-10/h2-7,14H,1H3. The number of carbonyl (C=O) groups excluding carboxylic acids is 1. The van der Waals surface area contributed by atoms with E-state index < -0.39 is 29.2 Å². The summed E-state index contributed by atoms with van der Waals surface area (Å²) in [6, 6.07) is 8.02. The smallest absolute Gasteiger partial charge is 0.187 e. The highest BCUT2D eigenvalue weighted by molar-refractivity contribution is 6.03. The van der Waals surface area contributed by atoms with Crippen molar-refractivity contribution in [3.8, 4) is 6.07 Å². The molecule has 106 valence electrons. The number of carbonyl (C=O) groups is 1. The minimum absolute atomic E-state index is 0.139. The van der Waals surface area contributed by atoms with Crippen LogP contribution in [0.25, 0.3) is 0 Å². The van der Waals surface area contributed by atoms with E-state index in [1.54, 1.807) is 13.0 Å². The lowest BCUT2D eigenvalue weighted by Crippen LogP contribution is -2.13. The summed E-state index contributed by atoms with van der Waals surface area (Å²) in [6.07, 6.45) is 0. The molecule has 0 spiro atoms. The number of nitrogens with zero attached hydrogens (tertiary/aromatic N) is 1. The molecule has 0 amide bonds. The van der Waals surface area contributed by atoms with E-state index >= 15 is 0 Å². The molecule has 2 rings (SSSR count). The topological polar surface area (TPSA) is 40.9 Å². The van der Waals surface area contributed by atoms with Crippen LogP contribution in [0, 0.1) is 35.7 Å². The first-order valence-electron chi connectivity index (χ1n) is 6.08. The number of Topliss-reactive ketones (excluding diaryl/α,β-unsaturated/α-hetero) is 1. The second kappa shape index (κ2) is 5.80. The average Bonchev–Trinajstić information content (AvgIpc) is 2.38. The largest absolute Gasteiger partial charge is 0.292 e. The van der Waals surface area contributed by atoms with Crippen molar-refractivity contribution >= 4 is 5.78 Å². The Labute approximate surface area is 119 Å². The molecule has 0 aliphatic carbocycles. The van der Waals surface area contributed by atoms with Crippen LogP contribution in [0.1, 0.15) is 27.4 Å². The summed E-state index contributed by atoms with van der Waals surface area (Å²) in [5.41, 5.74) is 0.200. The summed E-state index contributed by atoms with van der Waals surface area (Å²) in [5, 5.41) is 9.10. The number of benzene rings is 2. The van der Waals surface area contributed by atoms with Crippen molar-refractivity contribution < 1.29 is 18.0 Å². The number of nitriles is 1. The fourth-order valence-corrected chi connectivity index (χ4v) is 2.00. The Bertz CT molecular complexity index is 729. The molecule has 0 fully saturated rings. The van der Waals surface area contributed by atoms with Crippen LogP contribution in [0.15, 0.2) is 36.4 Å². The molecule has 0 N–H and O–H groups in total. The summed E-state index contributed by atoms with van der Waals surface area (Å²) in [6.45, 7) is 1.65. The summed E-state index contributed by atoms with van der Waals surface area (Å²) in [7, 11) is 0. The molecule has 0 aliphatic rings. The van der Waals surface area contributed by atoms with E-state index in [1.165, 1.54) is 12.1 Å². The van der Waals surface area contributed by atoms with Crippen molar-refractivity contribution in [2.45, 2.75) is 12.8 Å². The Hall–Kier alpha value is -2.61. The molecule has 21 heavy (non-hydrogen) atoms. The fourth-order valence-electron chi connectivity index (χ4n) is 2.00. The van der Waals surface area contributed by atoms with E-state index in [0.29, 0.717) is 11.6 Å². The zero-order valence-electron chi connectivity index (χ0n) is 11.0. The van der Waals surface area contributed by atoms with Gasteiger partial charge in [-0.25, -0.2) is 13.2 Å². The molecule has 1 unspecified atom stereocenters. The van der Waals surface area contributed by atoms with Crippen molar-refractivity contribution in [2.75, 3.05) is 0 Å². The molecular formula is C16H10F3NO. The summed E-state index contributed by atoms with van der Waals surface area (Å²) >= 11 is 0. The van der Waals surface area contributed by atoms with Gasteiger partial charge in [0.2, 0.25) is 0 Å². The third kappa shape index (κ3) is 3.11. The van der Waals surface area contributed by atoms with E-state index in [-0.39, 0.29) is 11.1 Å². The Kier molecular flexibility index (Phi) is 4.08. The molecule has 1 atom stereocenters. The molecule has 2 nitrogen and oxygen atoms in total. The first-order valence-corrected chi connectivity index (χ1v) is 6.08. The molecule has 0 radical (unpaired) electrons. The Balaban J connectivity index is 2.46. The van der Waals surface area contributed by atoms with Gasteiger partial charge in [-0.05, 0) is 42.3 Å². The first-order chi connectivity index (χ1) is 9.92. The number of hydrogen-bond acceptors (Lipinski definition) is 2. The van der Waals surface area contributed by atoms with Gasteiger partial charge in [0.25, 0.3) is 0 Å². The quantitative estimate of drug-likeness (QED) is 0.804. The maximum Gasteiger partial charge on any atom is 0.187 e. The van der Waals surface area contributed by atoms with Crippen LogP contribution in [0.2, 0.25) is 0 Å². The highest BCUT2D eigenvalue weighted by Gasteiger charge is 2.25. The van der Waals surface area contributed by atoms with Crippen LogP contribution >= 0.6 is 0 Å². The van der Waals surface area contributed by atoms with Gasteiger partial charge in [0.1, 0.15) is 23.4 Å². The van der Waals surface area contributed by atoms with Gasteiger partial charge in [0, 0.05) is 6.07 Å². The lowest BCUT2D eigenvalue weighted by molar-refractivity contribution is 0.0975. The van der Waals surface area contributed by atoms with Gasteiger partial charge in [-0.15, -0.1) is 0 Å². The minimum atomic E-state index is -1.47. The molecule has 0 heterocycles. The first kappa shape index (κ1) is 14.8. The van der Waals surface area contributed by atoms with Crippen molar-refractivity contribution in [2.24, 2.45) is 0 Å². The van der Waals surface area contributed by atoms with Crippen LogP contribution in [-0.4, -0.2) is 5.78 Å². The Morgan fingerprint density at radius 3 is 2.24 bits per heavy atom. The van der Waals surface area contributed by atoms with Gasteiger partial charge in [0.05, 0.1) is 11.6 Å². The van der Waals surface area contributed by atoms with Crippen molar-refractivity contribution in [1.29, 1.82) is 5.26 Å². The van der Waals surface area contributed by atoms with Gasteiger partial charge in [-0.2, -0.15) is 5.26 Å². The van der Waals surface area contributed by atoms with Crippen molar-refractivity contribution in [3.63, 3.8) is 0 Å². The molecule has 5 heteroatoms. The maximum atomic E-state index is 13.8. The number of halogens is 3. The van der Waals surface area contributed by atoms with E-state index in [1.807, 2.05) is 0 Å². The van der Waals surface area contributed by atoms with Crippen LogP contribution in [0.4, 0.5) is 13.2 Å². The summed E-state index contributed by atoms with van der Waals surface area (Å²) in [4.78, 5) is 12.2. The molecule has 0 aliphatic heterocycles. The normalized spacial score (nSPS) is 11.8. The second-order valence-electron chi connectivity index (χ2n) is 4.61. The van der Waals surface area contributed by atoms with E-state index in [2.05, 4.69) is 0 Å². The zero-order chi connectivity index (χ0) is 15.6. The molecular weight excluding hydrogens is 279 g/mol. The average molecular weight is 289 g/mol. The zero-order valence-corrected chi connectivity index (χ0v) is 11.0. The number of ketones is 1. The predicted molar refractivity (Wildman–Crippen MR) is 70.2 cm³/mol. The van der Waals surface area contributed by atoms with E-state index in [4.69, 9.17) is 5.26 Å². The second-order valence-corrected chi connectivity index (χ2v) is 4.61. The van der Waals surface area contributed by atoms with Crippen LogP contribution in [-0.2, 0) is 0 Å². The minimum Gasteiger partial charge on any atom is -0.292 e. The fraction of sp³-hybridized carbons (Fsp3) is 0.125. The lowest BCUT2D eigenvalue weighted by Gasteiger charge is -2.10. The number of rotatable bonds is 3. The third-order valence-electron chi connectivity index (χ3n) is 3.00. The van der Waals surface area contributed by atoms with Crippen LogP contribution in [0.5, 0.6) is 0 Å². The summed E-state index contributed by atoms with van der Waals surface area (Å²) < 4.78 is 40.2. The third-order valence-corrected chi connectivity index (χ3v) is 3.00. The van der Waals surface area contributed by atoms with E-state index in [9.17, 15) is 18.0 Å². The SMILES string of the molecule is Cc1ccc(C(=O)C(C#N)c2cc(F)cc(F)c2)c(F)c1. The Morgan fingerprint density at radius 1 is 1.10 bits per heavy atom. The van der Waals surface area contributed by atoms with Gasteiger partial charge in [-0.1, -0.05) is 6.07 Å². The van der Waals surface area contributed by atoms with Crippen molar-refractivity contribution in [1.82, 2.24) is 0 Å². The number of hydrogen-bond donors (Lipinski definition) is 0. The van der Waals surface area contributed by atoms with Crippen molar-refractivity contribution in [3.05, 3.63) is 70.5 Å². The van der Waals surface area contributed by atoms with Crippen LogP contribution in [0.3, 0.4) is 0 Å². The highest BCUT2D eigenvalue weighted by Crippen LogP contribution is 2.24.